The van der Waals surface area contributed by atoms with E-state index in [2.05, 4.69) is 19.2 Å². The predicted octanol–water partition coefficient (Wildman–Crippen LogP) is 2.23. The van der Waals surface area contributed by atoms with Crippen LogP contribution >= 0.6 is 0 Å². The first-order chi connectivity index (χ1) is 8.54. The van der Waals surface area contributed by atoms with Crippen molar-refractivity contribution in [3.63, 3.8) is 0 Å². The van der Waals surface area contributed by atoms with E-state index in [1.165, 1.54) is 6.42 Å². The molecule has 0 radical (unpaired) electrons. The number of hydrogen-bond acceptors (Lipinski definition) is 3. The lowest BCUT2D eigenvalue weighted by molar-refractivity contribution is -0.124. The Labute approximate surface area is 111 Å². The van der Waals surface area contributed by atoms with Crippen LogP contribution in [0.3, 0.4) is 0 Å². The van der Waals surface area contributed by atoms with E-state index in [1.54, 1.807) is 0 Å². The second kappa shape index (κ2) is 11.5. The second-order valence-electron chi connectivity index (χ2n) is 5.21. The molecule has 0 aromatic carbocycles. The van der Waals surface area contributed by atoms with Gasteiger partial charge in [0.15, 0.2) is 0 Å². The fourth-order valence-electron chi connectivity index (χ4n) is 1.37. The average molecular weight is 259 g/mol. The van der Waals surface area contributed by atoms with E-state index in [1.807, 2.05) is 13.8 Å². The monoisotopic (exact) mass is 259 g/mol. The Balaban J connectivity index is 3.10. The average Bonchev–Trinajstić information content (AvgIpc) is 2.30. The number of amides is 1. The molecule has 0 saturated heterocycles. The van der Waals surface area contributed by atoms with Gasteiger partial charge in [-0.25, -0.2) is 0 Å². The smallest absolute Gasteiger partial charge is 0.222 e. The molecule has 0 unspecified atom stereocenters. The van der Waals surface area contributed by atoms with Crippen LogP contribution in [-0.2, 0) is 14.3 Å². The van der Waals surface area contributed by atoms with Gasteiger partial charge in [0.1, 0.15) is 0 Å². The van der Waals surface area contributed by atoms with Crippen LogP contribution < -0.4 is 5.32 Å². The molecule has 1 N–H and O–H groups in total. The zero-order valence-corrected chi connectivity index (χ0v) is 12.3. The minimum atomic E-state index is 0.0364. The van der Waals surface area contributed by atoms with E-state index in [-0.39, 0.29) is 11.8 Å². The van der Waals surface area contributed by atoms with E-state index >= 15 is 0 Å². The molecule has 0 atom stereocenters. The van der Waals surface area contributed by atoms with Gasteiger partial charge in [-0.1, -0.05) is 27.7 Å². The van der Waals surface area contributed by atoms with Crippen molar-refractivity contribution < 1.29 is 14.3 Å². The van der Waals surface area contributed by atoms with Gasteiger partial charge in [0.2, 0.25) is 5.91 Å². The number of nitrogens with one attached hydrogen (secondary N) is 1. The van der Waals surface area contributed by atoms with Gasteiger partial charge in [-0.15, -0.1) is 0 Å². The molecule has 0 saturated carbocycles. The summed E-state index contributed by atoms with van der Waals surface area (Å²) in [7, 11) is 0. The molecule has 0 rings (SSSR count). The number of carbonyl (C=O) groups is 1. The summed E-state index contributed by atoms with van der Waals surface area (Å²) in [6.07, 6.45) is 2.32. The van der Waals surface area contributed by atoms with Crippen LogP contribution in [0.2, 0.25) is 0 Å². The van der Waals surface area contributed by atoms with Crippen LogP contribution in [0.4, 0.5) is 0 Å². The van der Waals surface area contributed by atoms with Gasteiger partial charge in [-0.05, 0) is 18.8 Å². The highest BCUT2D eigenvalue weighted by Gasteiger charge is 2.04. The fraction of sp³-hybridized carbons (Fsp3) is 0.929. The standard InChI is InChI=1S/C14H29NO3/c1-12(2)6-5-8-17-10-11-18-9-7-15-14(16)13(3)4/h12-13H,5-11H2,1-4H3,(H,15,16). The maximum atomic E-state index is 11.2. The van der Waals surface area contributed by atoms with Gasteiger partial charge in [-0.2, -0.15) is 0 Å². The zero-order chi connectivity index (χ0) is 13.8. The molecule has 0 aromatic rings. The Morgan fingerprint density at radius 1 is 1.00 bits per heavy atom. The zero-order valence-electron chi connectivity index (χ0n) is 12.3. The second-order valence-corrected chi connectivity index (χ2v) is 5.21. The lowest BCUT2D eigenvalue weighted by Crippen LogP contribution is -2.31. The van der Waals surface area contributed by atoms with Gasteiger partial charge in [0.05, 0.1) is 19.8 Å². The maximum absolute atomic E-state index is 11.2. The predicted molar refractivity (Wildman–Crippen MR) is 73.6 cm³/mol. The van der Waals surface area contributed by atoms with Crippen LogP contribution in [-0.4, -0.2) is 38.9 Å². The lowest BCUT2D eigenvalue weighted by atomic mass is 10.1. The molecule has 0 aliphatic heterocycles. The Kier molecular flexibility index (Phi) is 11.1. The van der Waals surface area contributed by atoms with Crippen molar-refractivity contribution in [2.75, 3.05) is 33.0 Å². The molecule has 0 heterocycles. The Morgan fingerprint density at radius 3 is 2.17 bits per heavy atom. The third-order valence-electron chi connectivity index (χ3n) is 2.51. The summed E-state index contributed by atoms with van der Waals surface area (Å²) in [6, 6.07) is 0. The van der Waals surface area contributed by atoms with Gasteiger partial charge in [0.25, 0.3) is 0 Å². The van der Waals surface area contributed by atoms with E-state index in [4.69, 9.17) is 9.47 Å². The number of ether oxygens (including phenoxy) is 2. The normalized spacial score (nSPS) is 11.2. The molecule has 1 amide bonds. The maximum Gasteiger partial charge on any atom is 0.222 e. The molecule has 0 bridgehead atoms. The van der Waals surface area contributed by atoms with Gasteiger partial charge in [0, 0.05) is 19.1 Å². The molecule has 108 valence electrons. The Hall–Kier alpha value is -0.610. The van der Waals surface area contributed by atoms with Crippen molar-refractivity contribution in [3.05, 3.63) is 0 Å². The number of carbonyl (C=O) groups excluding carboxylic acids is 1. The van der Waals surface area contributed by atoms with Crippen LogP contribution in [0.15, 0.2) is 0 Å². The first-order valence-electron chi connectivity index (χ1n) is 6.97. The van der Waals surface area contributed by atoms with E-state index < -0.39 is 0 Å². The summed E-state index contributed by atoms with van der Waals surface area (Å²) in [5.41, 5.74) is 0. The molecule has 4 heteroatoms. The molecule has 0 spiro atoms. The molecular formula is C14H29NO3. The van der Waals surface area contributed by atoms with Crippen molar-refractivity contribution in [2.24, 2.45) is 11.8 Å². The molecule has 0 fully saturated rings. The minimum Gasteiger partial charge on any atom is -0.379 e. The number of hydrogen-bond donors (Lipinski definition) is 1. The molecule has 4 nitrogen and oxygen atoms in total. The summed E-state index contributed by atoms with van der Waals surface area (Å²) >= 11 is 0. The van der Waals surface area contributed by atoms with E-state index in [0.29, 0.717) is 26.4 Å². The van der Waals surface area contributed by atoms with Gasteiger partial charge in [-0.3, -0.25) is 4.79 Å². The van der Waals surface area contributed by atoms with E-state index in [0.717, 1.165) is 18.9 Å². The molecule has 0 aliphatic carbocycles. The summed E-state index contributed by atoms with van der Waals surface area (Å²) in [5, 5.41) is 2.80. The van der Waals surface area contributed by atoms with Gasteiger partial charge >= 0.3 is 0 Å². The first kappa shape index (κ1) is 17.4. The Morgan fingerprint density at radius 2 is 1.61 bits per heavy atom. The topological polar surface area (TPSA) is 47.6 Å². The van der Waals surface area contributed by atoms with Crippen molar-refractivity contribution in [3.8, 4) is 0 Å². The molecule has 0 aliphatic rings. The van der Waals surface area contributed by atoms with Crippen LogP contribution in [0.5, 0.6) is 0 Å². The summed E-state index contributed by atoms with van der Waals surface area (Å²) < 4.78 is 10.8. The quantitative estimate of drug-likeness (QED) is 0.579. The SMILES string of the molecule is CC(C)CCCOCCOCCNC(=O)C(C)C. The molecular weight excluding hydrogens is 230 g/mol. The fourth-order valence-corrected chi connectivity index (χ4v) is 1.37. The van der Waals surface area contributed by atoms with Crippen LogP contribution in [0.25, 0.3) is 0 Å². The highest BCUT2D eigenvalue weighted by Crippen LogP contribution is 2.02. The highest BCUT2D eigenvalue weighted by molar-refractivity contribution is 5.77. The van der Waals surface area contributed by atoms with Crippen molar-refractivity contribution in [1.29, 1.82) is 0 Å². The summed E-state index contributed by atoms with van der Waals surface area (Å²) in [6.45, 7) is 11.4. The third-order valence-corrected chi connectivity index (χ3v) is 2.51. The summed E-state index contributed by atoms with van der Waals surface area (Å²) in [4.78, 5) is 11.2. The first-order valence-corrected chi connectivity index (χ1v) is 6.97. The van der Waals surface area contributed by atoms with Gasteiger partial charge < -0.3 is 14.8 Å². The molecule has 0 aromatic heterocycles. The van der Waals surface area contributed by atoms with Crippen LogP contribution in [0, 0.1) is 11.8 Å². The van der Waals surface area contributed by atoms with Crippen molar-refractivity contribution in [2.45, 2.75) is 40.5 Å². The number of rotatable bonds is 11. The van der Waals surface area contributed by atoms with Crippen LogP contribution in [0.1, 0.15) is 40.5 Å². The largest absolute Gasteiger partial charge is 0.379 e. The minimum absolute atomic E-state index is 0.0364. The highest BCUT2D eigenvalue weighted by atomic mass is 16.5. The van der Waals surface area contributed by atoms with Crippen molar-refractivity contribution in [1.82, 2.24) is 5.32 Å². The van der Waals surface area contributed by atoms with E-state index in [9.17, 15) is 4.79 Å². The third kappa shape index (κ3) is 11.9. The Bertz CT molecular complexity index is 205. The molecule has 18 heavy (non-hydrogen) atoms. The lowest BCUT2D eigenvalue weighted by Gasteiger charge is -2.09. The van der Waals surface area contributed by atoms with Crippen molar-refractivity contribution >= 4 is 5.91 Å². The summed E-state index contributed by atoms with van der Waals surface area (Å²) in [5.74, 6) is 0.854.